The molecule has 0 saturated heterocycles. The molecule has 4 nitrogen and oxygen atoms in total. The Morgan fingerprint density at radius 3 is 1.35 bits per heavy atom. The monoisotopic (exact) mass is 832 g/mol. The molecule has 2 aromatic heterocycles. The van der Waals surface area contributed by atoms with E-state index in [1.54, 1.807) is 0 Å². The Morgan fingerprint density at radius 1 is 0.338 bits per heavy atom. The lowest BCUT2D eigenvalue weighted by molar-refractivity contribution is 0.669. The maximum atomic E-state index is 6.80. The number of furan rings is 2. The number of aryl methyl sites for hydroxylation is 1. The average Bonchev–Trinajstić information content (AvgIpc) is 3.94. The van der Waals surface area contributed by atoms with Crippen molar-refractivity contribution in [1.29, 1.82) is 0 Å². The zero-order valence-corrected chi connectivity index (χ0v) is 35.6. The first-order valence-corrected chi connectivity index (χ1v) is 22.1. The molecular formula is C61H40N2O2. The molecule has 0 radical (unpaired) electrons. The molecule has 4 heteroatoms. The number of hydrogen-bond donors (Lipinski definition) is 0. The summed E-state index contributed by atoms with van der Waals surface area (Å²) in [7, 11) is 0. The lowest BCUT2D eigenvalue weighted by atomic mass is 9.91. The highest BCUT2D eigenvalue weighted by molar-refractivity contribution is 6.21. The van der Waals surface area contributed by atoms with Crippen molar-refractivity contribution >= 4 is 127 Å². The van der Waals surface area contributed by atoms with Crippen LogP contribution in [0.2, 0.25) is 0 Å². The van der Waals surface area contributed by atoms with E-state index in [0.717, 1.165) is 116 Å². The Hall–Kier alpha value is -8.60. The van der Waals surface area contributed by atoms with Crippen molar-refractivity contribution in [3.63, 3.8) is 0 Å². The van der Waals surface area contributed by atoms with E-state index in [9.17, 15) is 0 Å². The van der Waals surface area contributed by atoms with Crippen molar-refractivity contribution in [2.24, 2.45) is 0 Å². The molecule has 0 N–H and O–H groups in total. The van der Waals surface area contributed by atoms with E-state index >= 15 is 0 Å². The highest BCUT2D eigenvalue weighted by atomic mass is 16.3. The molecule has 0 fully saturated rings. The maximum absolute atomic E-state index is 6.80. The van der Waals surface area contributed by atoms with Gasteiger partial charge in [-0.25, -0.2) is 0 Å². The predicted octanol–water partition coefficient (Wildman–Crippen LogP) is 18.0. The minimum atomic E-state index is 0.832. The van der Waals surface area contributed by atoms with Gasteiger partial charge >= 0.3 is 0 Å². The molecule has 13 rings (SSSR count). The summed E-state index contributed by atoms with van der Waals surface area (Å²) in [5.74, 6) is 0. The number of para-hydroxylation sites is 4. The van der Waals surface area contributed by atoms with Crippen LogP contribution in [0.3, 0.4) is 0 Å². The van der Waals surface area contributed by atoms with Crippen molar-refractivity contribution in [3.05, 3.63) is 224 Å². The van der Waals surface area contributed by atoms with Gasteiger partial charge in [0.2, 0.25) is 0 Å². The predicted molar refractivity (Wildman–Crippen MR) is 275 cm³/mol. The van der Waals surface area contributed by atoms with Crippen LogP contribution in [-0.2, 0) is 0 Å². The first kappa shape index (κ1) is 37.0. The van der Waals surface area contributed by atoms with Crippen LogP contribution in [0.5, 0.6) is 0 Å². The molecule has 0 saturated carbocycles. The largest absolute Gasteiger partial charge is 0.454 e. The lowest BCUT2D eigenvalue weighted by Crippen LogP contribution is -2.13. The van der Waals surface area contributed by atoms with Crippen LogP contribution in [-0.4, -0.2) is 0 Å². The molecule has 0 aliphatic carbocycles. The zero-order chi connectivity index (χ0) is 43.2. The zero-order valence-electron chi connectivity index (χ0n) is 35.6. The van der Waals surface area contributed by atoms with Gasteiger partial charge in [-0.2, -0.15) is 0 Å². The Labute approximate surface area is 375 Å². The van der Waals surface area contributed by atoms with Crippen LogP contribution in [0.15, 0.2) is 222 Å². The van der Waals surface area contributed by atoms with Gasteiger partial charge in [-0.05, 0) is 87.9 Å². The van der Waals surface area contributed by atoms with E-state index in [0.29, 0.717) is 0 Å². The van der Waals surface area contributed by atoms with E-state index in [-0.39, 0.29) is 0 Å². The first-order valence-electron chi connectivity index (χ1n) is 22.1. The van der Waals surface area contributed by atoms with Crippen LogP contribution in [0.4, 0.5) is 34.1 Å². The summed E-state index contributed by atoms with van der Waals surface area (Å²) in [4.78, 5) is 4.79. The molecule has 0 spiro atoms. The fourth-order valence-corrected chi connectivity index (χ4v) is 10.4. The van der Waals surface area contributed by atoms with Crippen molar-refractivity contribution in [2.75, 3.05) is 9.80 Å². The number of hydrogen-bond acceptors (Lipinski definition) is 4. The van der Waals surface area contributed by atoms with Gasteiger partial charge < -0.3 is 18.6 Å². The van der Waals surface area contributed by atoms with Gasteiger partial charge in [0.05, 0.1) is 34.1 Å². The SMILES string of the molecule is C=Cc1c(N(c2cccc3ccccc23)c2cccc3c2oc2ccccc23)ccc2ccc3c(N(c4cccc5ccccc45)c4cccc5c4oc4ccccc45)ccc(C)c3c12. The molecule has 65 heavy (non-hydrogen) atoms. The summed E-state index contributed by atoms with van der Waals surface area (Å²) in [6, 6.07) is 73.6. The number of anilines is 6. The van der Waals surface area contributed by atoms with Gasteiger partial charge in [0.1, 0.15) is 11.2 Å². The van der Waals surface area contributed by atoms with Gasteiger partial charge in [-0.15, -0.1) is 0 Å². The van der Waals surface area contributed by atoms with Crippen molar-refractivity contribution < 1.29 is 8.83 Å². The molecule has 0 bridgehead atoms. The Balaban J connectivity index is 1.12. The molecule has 0 atom stereocenters. The number of fused-ring (bicyclic) bond motifs is 11. The van der Waals surface area contributed by atoms with Crippen molar-refractivity contribution in [2.45, 2.75) is 6.92 Å². The quantitative estimate of drug-likeness (QED) is 0.150. The molecule has 0 aliphatic rings. The van der Waals surface area contributed by atoms with Crippen molar-refractivity contribution in [1.82, 2.24) is 0 Å². The third-order valence-corrected chi connectivity index (χ3v) is 13.3. The second-order valence-corrected chi connectivity index (χ2v) is 16.9. The van der Waals surface area contributed by atoms with Gasteiger partial charge in [0.15, 0.2) is 11.2 Å². The minimum absolute atomic E-state index is 0.832. The van der Waals surface area contributed by atoms with E-state index < -0.39 is 0 Å². The van der Waals surface area contributed by atoms with Crippen LogP contribution < -0.4 is 9.80 Å². The van der Waals surface area contributed by atoms with Gasteiger partial charge in [0, 0.05) is 43.3 Å². The summed E-state index contributed by atoms with van der Waals surface area (Å²) in [5, 5.41) is 13.5. The highest BCUT2D eigenvalue weighted by Gasteiger charge is 2.27. The Morgan fingerprint density at radius 2 is 0.769 bits per heavy atom. The van der Waals surface area contributed by atoms with Crippen LogP contribution in [0, 0.1) is 6.92 Å². The van der Waals surface area contributed by atoms with Gasteiger partial charge in [-0.3, -0.25) is 0 Å². The van der Waals surface area contributed by atoms with Crippen LogP contribution >= 0.6 is 0 Å². The van der Waals surface area contributed by atoms with Gasteiger partial charge in [0.25, 0.3) is 0 Å². The second kappa shape index (κ2) is 14.5. The third kappa shape index (κ3) is 5.57. The van der Waals surface area contributed by atoms with Gasteiger partial charge in [-0.1, -0.05) is 170 Å². The van der Waals surface area contributed by atoms with E-state index in [1.807, 2.05) is 18.2 Å². The van der Waals surface area contributed by atoms with E-state index in [2.05, 4.69) is 217 Å². The molecule has 2 heterocycles. The molecule has 0 amide bonds. The summed E-state index contributed by atoms with van der Waals surface area (Å²) in [6.45, 7) is 6.80. The Bertz CT molecular complexity index is 4070. The molecule has 13 aromatic rings. The summed E-state index contributed by atoms with van der Waals surface area (Å²) >= 11 is 0. The number of rotatable bonds is 7. The molecule has 0 aliphatic heterocycles. The van der Waals surface area contributed by atoms with Crippen LogP contribution in [0.1, 0.15) is 11.1 Å². The standard InChI is InChI=1S/C61H40N2O2/c1-3-42-52(62(50-26-12-18-39-16-4-6-20-43(39)50)54-28-14-24-47-45-22-8-10-30-56(45)64-60(47)54)37-34-41-33-35-49-53(36-32-38(2)58(49)59(41)42)63(51-27-13-19-40-17-5-7-21-44(40)51)55-29-15-25-48-46-23-9-11-31-57(46)65-61(48)55/h3-37H,1H2,2H3. The minimum Gasteiger partial charge on any atom is -0.454 e. The number of nitrogens with zero attached hydrogens (tertiary/aromatic N) is 2. The number of benzene rings is 11. The van der Waals surface area contributed by atoms with E-state index in [1.165, 1.54) is 16.3 Å². The van der Waals surface area contributed by atoms with Crippen LogP contribution in [0.25, 0.3) is 93.0 Å². The molecule has 11 aromatic carbocycles. The average molecular weight is 833 g/mol. The maximum Gasteiger partial charge on any atom is 0.159 e. The fourth-order valence-electron chi connectivity index (χ4n) is 10.4. The first-order chi connectivity index (χ1) is 32.1. The topological polar surface area (TPSA) is 32.8 Å². The third-order valence-electron chi connectivity index (χ3n) is 13.3. The molecule has 306 valence electrons. The normalized spacial score (nSPS) is 11.8. The lowest BCUT2D eigenvalue weighted by Gasteiger charge is -2.30. The summed E-state index contributed by atoms with van der Waals surface area (Å²) in [5.41, 5.74) is 11.7. The molecular weight excluding hydrogens is 793 g/mol. The second-order valence-electron chi connectivity index (χ2n) is 16.9. The summed E-state index contributed by atoms with van der Waals surface area (Å²) < 4.78 is 13.6. The van der Waals surface area contributed by atoms with Crippen molar-refractivity contribution in [3.8, 4) is 0 Å². The highest BCUT2D eigenvalue weighted by Crippen LogP contribution is 2.51. The Kier molecular flexibility index (Phi) is 8.24. The smallest absolute Gasteiger partial charge is 0.159 e. The summed E-state index contributed by atoms with van der Waals surface area (Å²) in [6.07, 6.45) is 2.04. The fraction of sp³-hybridized carbons (Fsp3) is 0.0164. The van der Waals surface area contributed by atoms with E-state index in [4.69, 9.17) is 8.83 Å². The molecule has 0 unspecified atom stereocenters.